The molecular formula is C14H26BrNO. The minimum absolute atomic E-state index is 0.528. The lowest BCUT2D eigenvalue weighted by Gasteiger charge is -2.38. The lowest BCUT2D eigenvalue weighted by molar-refractivity contribution is 0.00615. The molecule has 0 N–H and O–H groups in total. The van der Waals surface area contributed by atoms with Gasteiger partial charge in [0.15, 0.2) is 0 Å². The summed E-state index contributed by atoms with van der Waals surface area (Å²) in [6, 6.07) is 0. The van der Waals surface area contributed by atoms with E-state index in [1.807, 2.05) is 0 Å². The Morgan fingerprint density at radius 3 is 2.41 bits per heavy atom. The Morgan fingerprint density at radius 1 is 1.24 bits per heavy atom. The van der Waals surface area contributed by atoms with Gasteiger partial charge in [0.25, 0.3) is 0 Å². The molecule has 0 aromatic carbocycles. The van der Waals surface area contributed by atoms with Gasteiger partial charge in [-0.2, -0.15) is 0 Å². The predicted molar refractivity (Wildman–Crippen MR) is 75.8 cm³/mol. The molecule has 0 aromatic rings. The molecule has 0 unspecified atom stereocenters. The fourth-order valence-corrected chi connectivity index (χ4v) is 4.14. The smallest absolute Gasteiger partial charge is 0.0599 e. The molecule has 0 spiro atoms. The number of halogens is 1. The molecule has 0 bridgehead atoms. The SMILES string of the molecule is CCOC1CCN(CC2(CBr)CCCC2)CC1. The molecule has 100 valence electrons. The highest BCUT2D eigenvalue weighted by molar-refractivity contribution is 9.09. The van der Waals surface area contributed by atoms with Gasteiger partial charge in [-0.3, -0.25) is 0 Å². The highest BCUT2D eigenvalue weighted by Gasteiger charge is 2.35. The summed E-state index contributed by atoms with van der Waals surface area (Å²) in [7, 11) is 0. The zero-order valence-corrected chi connectivity index (χ0v) is 12.7. The second kappa shape index (κ2) is 6.53. The summed E-state index contributed by atoms with van der Waals surface area (Å²) in [5.41, 5.74) is 0.582. The number of alkyl halides is 1. The van der Waals surface area contributed by atoms with Crippen molar-refractivity contribution in [2.45, 2.75) is 51.6 Å². The summed E-state index contributed by atoms with van der Waals surface area (Å²) in [6.07, 6.45) is 8.69. The van der Waals surface area contributed by atoms with Crippen LogP contribution in [-0.4, -0.2) is 42.6 Å². The van der Waals surface area contributed by atoms with Crippen LogP contribution in [0.2, 0.25) is 0 Å². The Kier molecular flexibility index (Phi) is 5.31. The third-order valence-electron chi connectivity index (χ3n) is 4.44. The maximum atomic E-state index is 5.72. The molecular weight excluding hydrogens is 278 g/mol. The summed E-state index contributed by atoms with van der Waals surface area (Å²) in [4.78, 5) is 2.67. The van der Waals surface area contributed by atoms with Gasteiger partial charge in [-0.15, -0.1) is 0 Å². The first-order valence-corrected chi connectivity index (χ1v) is 8.30. The first kappa shape index (κ1) is 13.8. The Morgan fingerprint density at radius 2 is 1.88 bits per heavy atom. The van der Waals surface area contributed by atoms with Gasteiger partial charge < -0.3 is 9.64 Å². The summed E-state index contributed by atoms with van der Waals surface area (Å²) < 4.78 is 5.72. The number of ether oxygens (including phenoxy) is 1. The largest absolute Gasteiger partial charge is 0.378 e. The van der Waals surface area contributed by atoms with E-state index in [-0.39, 0.29) is 0 Å². The van der Waals surface area contributed by atoms with Crippen molar-refractivity contribution in [3.05, 3.63) is 0 Å². The van der Waals surface area contributed by atoms with Gasteiger partial charge in [0.2, 0.25) is 0 Å². The average molecular weight is 304 g/mol. The van der Waals surface area contributed by atoms with Gasteiger partial charge in [-0.25, -0.2) is 0 Å². The molecule has 1 aliphatic heterocycles. The van der Waals surface area contributed by atoms with E-state index in [4.69, 9.17) is 4.74 Å². The molecule has 1 saturated carbocycles. The molecule has 17 heavy (non-hydrogen) atoms. The number of hydrogen-bond donors (Lipinski definition) is 0. The quantitative estimate of drug-likeness (QED) is 0.721. The van der Waals surface area contributed by atoms with E-state index in [2.05, 4.69) is 27.8 Å². The van der Waals surface area contributed by atoms with Crippen molar-refractivity contribution in [3.8, 4) is 0 Å². The van der Waals surface area contributed by atoms with Crippen LogP contribution >= 0.6 is 15.9 Å². The lowest BCUT2D eigenvalue weighted by atomic mass is 9.87. The Hall–Kier alpha value is 0.400. The van der Waals surface area contributed by atoms with Crippen molar-refractivity contribution < 1.29 is 4.74 Å². The molecule has 0 amide bonds. The number of nitrogens with zero attached hydrogens (tertiary/aromatic N) is 1. The van der Waals surface area contributed by atoms with Crippen LogP contribution < -0.4 is 0 Å². The van der Waals surface area contributed by atoms with Crippen molar-refractivity contribution in [1.82, 2.24) is 4.90 Å². The molecule has 0 atom stereocenters. The highest BCUT2D eigenvalue weighted by Crippen LogP contribution is 2.40. The minimum atomic E-state index is 0.528. The van der Waals surface area contributed by atoms with E-state index in [0.29, 0.717) is 11.5 Å². The van der Waals surface area contributed by atoms with Crippen LogP contribution in [-0.2, 0) is 4.74 Å². The van der Waals surface area contributed by atoms with Gasteiger partial charge in [0.05, 0.1) is 6.10 Å². The fraction of sp³-hybridized carbons (Fsp3) is 1.00. The van der Waals surface area contributed by atoms with Crippen LogP contribution in [0.25, 0.3) is 0 Å². The Balaban J connectivity index is 1.77. The molecule has 0 radical (unpaired) electrons. The van der Waals surface area contributed by atoms with Crippen LogP contribution in [0.5, 0.6) is 0 Å². The Labute approximate surface area is 114 Å². The van der Waals surface area contributed by atoms with Crippen LogP contribution in [0.3, 0.4) is 0 Å². The molecule has 1 heterocycles. The van der Waals surface area contributed by atoms with Crippen molar-refractivity contribution in [2.24, 2.45) is 5.41 Å². The summed E-state index contributed by atoms with van der Waals surface area (Å²) in [5, 5.41) is 1.19. The van der Waals surface area contributed by atoms with Crippen molar-refractivity contribution in [3.63, 3.8) is 0 Å². The number of rotatable bonds is 5. The Bertz CT molecular complexity index is 220. The molecule has 2 nitrogen and oxygen atoms in total. The molecule has 0 aromatic heterocycles. The van der Waals surface area contributed by atoms with Gasteiger partial charge in [0, 0.05) is 31.6 Å². The first-order valence-electron chi connectivity index (χ1n) is 7.18. The zero-order valence-electron chi connectivity index (χ0n) is 11.1. The second-order valence-electron chi connectivity index (χ2n) is 5.77. The minimum Gasteiger partial charge on any atom is -0.378 e. The van der Waals surface area contributed by atoms with Crippen molar-refractivity contribution in [1.29, 1.82) is 0 Å². The standard InChI is InChI=1S/C14H26BrNO/c1-2-17-13-5-9-16(10-6-13)12-14(11-15)7-3-4-8-14/h13H,2-12H2,1H3. The average Bonchev–Trinajstić information content (AvgIpc) is 2.81. The van der Waals surface area contributed by atoms with Crippen molar-refractivity contribution in [2.75, 3.05) is 31.6 Å². The van der Waals surface area contributed by atoms with Crippen LogP contribution in [0, 0.1) is 5.41 Å². The molecule has 2 rings (SSSR count). The van der Waals surface area contributed by atoms with Gasteiger partial charge in [-0.1, -0.05) is 28.8 Å². The topological polar surface area (TPSA) is 12.5 Å². The van der Waals surface area contributed by atoms with E-state index in [1.54, 1.807) is 0 Å². The summed E-state index contributed by atoms with van der Waals surface area (Å²) >= 11 is 3.75. The third-order valence-corrected chi connectivity index (χ3v) is 5.63. The first-order chi connectivity index (χ1) is 8.28. The van der Waals surface area contributed by atoms with E-state index in [9.17, 15) is 0 Å². The lowest BCUT2D eigenvalue weighted by Crippen LogP contribution is -2.43. The maximum absolute atomic E-state index is 5.72. The zero-order chi connectivity index (χ0) is 12.1. The number of piperidine rings is 1. The predicted octanol–water partition coefficient (Wildman–Crippen LogP) is 3.44. The molecule has 2 fully saturated rings. The number of hydrogen-bond acceptors (Lipinski definition) is 2. The fourth-order valence-electron chi connectivity index (χ4n) is 3.40. The normalized spacial score (nSPS) is 26.5. The second-order valence-corrected chi connectivity index (χ2v) is 6.33. The van der Waals surface area contributed by atoms with Gasteiger partial charge in [-0.05, 0) is 38.0 Å². The molecule has 3 heteroatoms. The third kappa shape index (κ3) is 3.68. The maximum Gasteiger partial charge on any atom is 0.0599 e. The molecule has 1 saturated heterocycles. The van der Waals surface area contributed by atoms with E-state index in [1.165, 1.54) is 63.5 Å². The van der Waals surface area contributed by atoms with Crippen LogP contribution in [0.4, 0.5) is 0 Å². The van der Waals surface area contributed by atoms with Crippen LogP contribution in [0.1, 0.15) is 45.4 Å². The number of likely N-dealkylation sites (tertiary alicyclic amines) is 1. The monoisotopic (exact) mass is 303 g/mol. The summed E-state index contributed by atoms with van der Waals surface area (Å²) in [6.45, 7) is 6.75. The summed E-state index contributed by atoms with van der Waals surface area (Å²) in [5.74, 6) is 0. The van der Waals surface area contributed by atoms with Crippen LogP contribution in [0.15, 0.2) is 0 Å². The highest BCUT2D eigenvalue weighted by atomic mass is 79.9. The molecule has 1 aliphatic carbocycles. The van der Waals surface area contributed by atoms with E-state index < -0.39 is 0 Å². The van der Waals surface area contributed by atoms with Gasteiger partial charge >= 0.3 is 0 Å². The van der Waals surface area contributed by atoms with Gasteiger partial charge in [0.1, 0.15) is 0 Å². The van der Waals surface area contributed by atoms with E-state index in [0.717, 1.165) is 6.61 Å². The van der Waals surface area contributed by atoms with E-state index >= 15 is 0 Å². The molecule has 2 aliphatic rings. The van der Waals surface area contributed by atoms with Crippen molar-refractivity contribution >= 4 is 15.9 Å².